The highest BCUT2D eigenvalue weighted by molar-refractivity contribution is 5.97. The van der Waals surface area contributed by atoms with Crippen molar-refractivity contribution < 1.29 is 9.53 Å². The van der Waals surface area contributed by atoms with Gasteiger partial charge in [0, 0.05) is 44.8 Å². The van der Waals surface area contributed by atoms with E-state index in [4.69, 9.17) is 4.74 Å². The molecule has 1 unspecified atom stereocenters. The summed E-state index contributed by atoms with van der Waals surface area (Å²) in [6, 6.07) is 2.75. The van der Waals surface area contributed by atoms with E-state index in [1.54, 1.807) is 0 Å². The van der Waals surface area contributed by atoms with Crippen molar-refractivity contribution in [3.8, 4) is 6.07 Å². The Morgan fingerprint density at radius 2 is 1.88 bits per heavy atom. The number of nitriles is 1. The van der Waals surface area contributed by atoms with Gasteiger partial charge in [-0.05, 0) is 38.7 Å². The molecule has 3 aliphatic rings. The van der Waals surface area contributed by atoms with E-state index in [1.807, 2.05) is 11.0 Å². The SMILES string of the molecule is CC1CCCN(C(=O)/C(C#N)=C/C(C)(C)N2CCN(C3COC3)CC2)C1. The van der Waals surface area contributed by atoms with Crippen LogP contribution >= 0.6 is 0 Å². The molecule has 0 aromatic rings. The molecule has 6 heteroatoms. The fourth-order valence-corrected chi connectivity index (χ4v) is 4.23. The van der Waals surface area contributed by atoms with Gasteiger partial charge >= 0.3 is 0 Å². The van der Waals surface area contributed by atoms with Crippen LogP contribution in [0.5, 0.6) is 0 Å². The summed E-state index contributed by atoms with van der Waals surface area (Å²) >= 11 is 0. The maximum absolute atomic E-state index is 12.8. The molecule has 26 heavy (non-hydrogen) atoms. The first-order valence-corrected chi connectivity index (χ1v) is 9.90. The van der Waals surface area contributed by atoms with E-state index in [9.17, 15) is 10.1 Å². The summed E-state index contributed by atoms with van der Waals surface area (Å²) in [5, 5.41) is 9.60. The number of hydrogen-bond acceptors (Lipinski definition) is 5. The van der Waals surface area contributed by atoms with Crippen LogP contribution in [0.2, 0.25) is 0 Å². The predicted molar refractivity (Wildman–Crippen MR) is 101 cm³/mol. The first-order chi connectivity index (χ1) is 12.4. The maximum atomic E-state index is 12.8. The van der Waals surface area contributed by atoms with E-state index < -0.39 is 0 Å². The molecule has 1 atom stereocenters. The van der Waals surface area contributed by atoms with Gasteiger partial charge in [-0.3, -0.25) is 14.6 Å². The number of piperazine rings is 1. The molecule has 144 valence electrons. The molecule has 0 radical (unpaired) electrons. The van der Waals surface area contributed by atoms with Gasteiger partial charge < -0.3 is 9.64 Å². The summed E-state index contributed by atoms with van der Waals surface area (Å²) in [7, 11) is 0. The van der Waals surface area contributed by atoms with Crippen molar-refractivity contribution >= 4 is 5.91 Å². The number of carbonyl (C=O) groups is 1. The monoisotopic (exact) mass is 360 g/mol. The Morgan fingerprint density at radius 1 is 1.19 bits per heavy atom. The number of ether oxygens (including phenoxy) is 1. The summed E-state index contributed by atoms with van der Waals surface area (Å²) in [6.07, 6.45) is 4.08. The van der Waals surface area contributed by atoms with Gasteiger partial charge in [-0.15, -0.1) is 0 Å². The first-order valence-electron chi connectivity index (χ1n) is 9.90. The number of rotatable bonds is 4. The van der Waals surface area contributed by atoms with Crippen molar-refractivity contribution in [2.24, 2.45) is 5.92 Å². The van der Waals surface area contributed by atoms with Crippen LogP contribution in [-0.2, 0) is 9.53 Å². The van der Waals surface area contributed by atoms with E-state index in [0.717, 1.165) is 65.3 Å². The Balaban J connectivity index is 1.63. The molecule has 3 aliphatic heterocycles. The summed E-state index contributed by atoms with van der Waals surface area (Å²) < 4.78 is 5.30. The number of likely N-dealkylation sites (tertiary alicyclic amines) is 1. The summed E-state index contributed by atoms with van der Waals surface area (Å²) in [5.41, 5.74) is -0.0106. The molecule has 6 nitrogen and oxygen atoms in total. The van der Waals surface area contributed by atoms with Crippen LogP contribution < -0.4 is 0 Å². The fraction of sp³-hybridized carbons (Fsp3) is 0.800. The quantitative estimate of drug-likeness (QED) is 0.562. The predicted octanol–water partition coefficient (Wildman–Crippen LogP) is 1.49. The van der Waals surface area contributed by atoms with Gasteiger partial charge in [0.05, 0.1) is 19.3 Å². The van der Waals surface area contributed by atoms with Gasteiger partial charge in [0.2, 0.25) is 0 Å². The first kappa shape index (κ1) is 19.3. The van der Waals surface area contributed by atoms with E-state index in [-0.39, 0.29) is 11.4 Å². The van der Waals surface area contributed by atoms with E-state index in [2.05, 4.69) is 36.6 Å². The van der Waals surface area contributed by atoms with Crippen LogP contribution in [0.25, 0.3) is 0 Å². The molecule has 3 heterocycles. The van der Waals surface area contributed by atoms with Crippen molar-refractivity contribution in [1.82, 2.24) is 14.7 Å². The Hall–Kier alpha value is -1.42. The van der Waals surface area contributed by atoms with Crippen LogP contribution in [0.15, 0.2) is 11.6 Å². The summed E-state index contributed by atoms with van der Waals surface area (Å²) in [4.78, 5) is 19.5. The molecule has 1 amide bonds. The zero-order chi connectivity index (χ0) is 18.7. The standard InChI is InChI=1S/C20H32N4O2/c1-16-5-4-6-23(13-16)19(25)17(12-21)11-20(2,3)24-9-7-22(8-10-24)18-14-26-15-18/h11,16,18H,4-10,13-15H2,1-3H3/b17-11+. The second-order valence-electron chi connectivity index (χ2n) is 8.54. The maximum Gasteiger partial charge on any atom is 0.264 e. The number of hydrogen-bond donors (Lipinski definition) is 0. The second kappa shape index (κ2) is 8.08. The van der Waals surface area contributed by atoms with Crippen LogP contribution in [0.1, 0.15) is 33.6 Å². The zero-order valence-electron chi connectivity index (χ0n) is 16.4. The van der Waals surface area contributed by atoms with Crippen molar-refractivity contribution in [3.05, 3.63) is 11.6 Å². The van der Waals surface area contributed by atoms with Crippen molar-refractivity contribution in [3.63, 3.8) is 0 Å². The zero-order valence-corrected chi connectivity index (χ0v) is 16.4. The Kier molecular flexibility index (Phi) is 6.01. The lowest BCUT2D eigenvalue weighted by molar-refractivity contribution is -0.128. The summed E-state index contributed by atoms with van der Waals surface area (Å²) in [6.45, 7) is 13.6. The number of nitrogens with zero attached hydrogens (tertiary/aromatic N) is 4. The van der Waals surface area contributed by atoms with Gasteiger partial charge in [0.25, 0.3) is 5.91 Å². The average molecular weight is 361 g/mol. The third kappa shape index (κ3) is 4.28. The highest BCUT2D eigenvalue weighted by Gasteiger charge is 2.34. The molecule has 0 N–H and O–H groups in total. The molecule has 0 aromatic heterocycles. The van der Waals surface area contributed by atoms with Gasteiger partial charge in [-0.2, -0.15) is 5.26 Å². The topological polar surface area (TPSA) is 59.8 Å². The van der Waals surface area contributed by atoms with Crippen molar-refractivity contribution in [1.29, 1.82) is 5.26 Å². The molecule has 0 aromatic carbocycles. The molecular weight excluding hydrogens is 328 g/mol. The smallest absolute Gasteiger partial charge is 0.264 e. The van der Waals surface area contributed by atoms with E-state index in [0.29, 0.717) is 17.5 Å². The van der Waals surface area contributed by atoms with Crippen LogP contribution in [0.4, 0.5) is 0 Å². The molecule has 0 aliphatic carbocycles. The largest absolute Gasteiger partial charge is 0.378 e. The van der Waals surface area contributed by atoms with Crippen LogP contribution in [0, 0.1) is 17.2 Å². The lowest BCUT2D eigenvalue weighted by atomic mass is 9.95. The summed E-state index contributed by atoms with van der Waals surface area (Å²) in [5.74, 6) is 0.418. The van der Waals surface area contributed by atoms with Gasteiger partial charge in [-0.25, -0.2) is 0 Å². The minimum Gasteiger partial charge on any atom is -0.378 e. The minimum atomic E-state index is -0.301. The molecule has 3 saturated heterocycles. The number of piperidine rings is 1. The molecule has 0 bridgehead atoms. The molecular formula is C20H32N4O2. The Morgan fingerprint density at radius 3 is 2.42 bits per heavy atom. The van der Waals surface area contributed by atoms with Gasteiger partial charge in [0.1, 0.15) is 11.6 Å². The fourth-order valence-electron chi connectivity index (χ4n) is 4.23. The third-order valence-electron chi connectivity index (χ3n) is 6.06. The van der Waals surface area contributed by atoms with E-state index >= 15 is 0 Å². The van der Waals surface area contributed by atoms with Gasteiger partial charge in [0.15, 0.2) is 0 Å². The average Bonchev–Trinajstić information content (AvgIpc) is 2.58. The lowest BCUT2D eigenvalue weighted by Crippen LogP contribution is -2.59. The normalized spacial score (nSPS) is 27.1. The van der Waals surface area contributed by atoms with Crippen LogP contribution in [0.3, 0.4) is 0 Å². The number of carbonyl (C=O) groups excluding carboxylic acids is 1. The highest BCUT2D eigenvalue weighted by Crippen LogP contribution is 2.24. The lowest BCUT2D eigenvalue weighted by Gasteiger charge is -2.46. The van der Waals surface area contributed by atoms with Crippen molar-refractivity contribution in [2.75, 3.05) is 52.5 Å². The third-order valence-corrected chi connectivity index (χ3v) is 6.06. The molecule has 0 spiro atoms. The Bertz CT molecular complexity index is 583. The Labute approximate surface area is 157 Å². The molecule has 0 saturated carbocycles. The number of amides is 1. The minimum absolute atomic E-state index is 0.0997. The molecule has 3 rings (SSSR count). The van der Waals surface area contributed by atoms with Crippen LogP contribution in [-0.4, -0.2) is 84.7 Å². The highest BCUT2D eigenvalue weighted by atomic mass is 16.5. The molecule has 3 fully saturated rings. The second-order valence-corrected chi connectivity index (χ2v) is 8.54. The van der Waals surface area contributed by atoms with Gasteiger partial charge in [-0.1, -0.05) is 6.92 Å². The van der Waals surface area contributed by atoms with Crippen molar-refractivity contribution in [2.45, 2.75) is 45.2 Å². The van der Waals surface area contributed by atoms with E-state index in [1.165, 1.54) is 0 Å².